The van der Waals surface area contributed by atoms with Gasteiger partial charge in [-0.25, -0.2) is 0 Å². The summed E-state index contributed by atoms with van der Waals surface area (Å²) < 4.78 is 2.09. The molecule has 0 spiro atoms. The number of hydrogen-bond acceptors (Lipinski definition) is 2. The summed E-state index contributed by atoms with van der Waals surface area (Å²) in [4.78, 5) is 0. The van der Waals surface area contributed by atoms with Crippen LogP contribution in [0.25, 0.3) is 0 Å². The van der Waals surface area contributed by atoms with Crippen molar-refractivity contribution in [2.24, 2.45) is 7.05 Å². The summed E-state index contributed by atoms with van der Waals surface area (Å²) in [6, 6.07) is 2.33. The number of rotatable bonds is 2. The van der Waals surface area contributed by atoms with Crippen LogP contribution in [0.15, 0.2) is 6.07 Å². The Labute approximate surface area is 84.5 Å². The average Bonchev–Trinajstić information content (AvgIpc) is 2.75. The lowest BCUT2D eigenvalue weighted by molar-refractivity contribution is 0.633. The van der Waals surface area contributed by atoms with Crippen LogP contribution in [-0.2, 0) is 7.05 Å². The van der Waals surface area contributed by atoms with E-state index in [4.69, 9.17) is 0 Å². The van der Waals surface area contributed by atoms with E-state index in [1.54, 1.807) is 0 Å². The van der Waals surface area contributed by atoms with Crippen LogP contribution in [0.2, 0.25) is 0 Å². The molecule has 3 nitrogen and oxygen atoms in total. The van der Waals surface area contributed by atoms with Gasteiger partial charge < -0.3 is 5.32 Å². The number of hydrogen-bond donors (Lipinski definition) is 1. The molecule has 1 aliphatic carbocycles. The van der Waals surface area contributed by atoms with Crippen molar-refractivity contribution in [2.75, 3.05) is 13.1 Å². The van der Waals surface area contributed by atoms with Crippen LogP contribution in [0.5, 0.6) is 0 Å². The largest absolute Gasteiger partial charge is 0.316 e. The minimum Gasteiger partial charge on any atom is -0.316 e. The van der Waals surface area contributed by atoms with Gasteiger partial charge in [-0.1, -0.05) is 0 Å². The summed E-state index contributed by atoms with van der Waals surface area (Å²) in [6.45, 7) is 2.29. The number of nitrogens with one attached hydrogen (secondary N) is 1. The third-order valence-corrected chi connectivity index (χ3v) is 3.41. The fraction of sp³-hybridized carbons (Fsp3) is 0.727. The van der Waals surface area contributed by atoms with Crippen LogP contribution in [0.4, 0.5) is 0 Å². The maximum Gasteiger partial charge on any atom is 0.0658 e. The van der Waals surface area contributed by atoms with Crippen molar-refractivity contribution in [2.45, 2.75) is 31.1 Å². The van der Waals surface area contributed by atoms with Gasteiger partial charge in [-0.05, 0) is 31.9 Å². The average molecular weight is 191 g/mol. The standard InChI is InChI=1S/C11H17N3/c1-14-11(9-4-5-12-7-9)6-10(13-14)8-2-3-8/h6,8-9,12H,2-5,7H2,1H3. The molecule has 2 aliphatic rings. The van der Waals surface area contributed by atoms with Crippen LogP contribution in [0.3, 0.4) is 0 Å². The van der Waals surface area contributed by atoms with Gasteiger partial charge in [0.15, 0.2) is 0 Å². The molecule has 1 aromatic rings. The highest BCUT2D eigenvalue weighted by molar-refractivity contribution is 5.22. The van der Waals surface area contributed by atoms with Gasteiger partial charge in [-0.2, -0.15) is 5.10 Å². The normalized spacial score (nSPS) is 27.1. The molecule has 1 N–H and O–H groups in total. The molecule has 1 atom stereocenters. The summed E-state index contributed by atoms with van der Waals surface area (Å²) in [5, 5.41) is 8.02. The van der Waals surface area contributed by atoms with Gasteiger partial charge in [0.25, 0.3) is 0 Å². The van der Waals surface area contributed by atoms with Crippen LogP contribution in [0.1, 0.15) is 42.5 Å². The summed E-state index contributed by atoms with van der Waals surface area (Å²) in [7, 11) is 2.08. The van der Waals surface area contributed by atoms with E-state index < -0.39 is 0 Å². The first-order valence-corrected chi connectivity index (χ1v) is 5.59. The van der Waals surface area contributed by atoms with Crippen LogP contribution in [-0.4, -0.2) is 22.9 Å². The van der Waals surface area contributed by atoms with Gasteiger partial charge in [0.05, 0.1) is 5.69 Å². The van der Waals surface area contributed by atoms with E-state index in [1.807, 2.05) is 0 Å². The SMILES string of the molecule is Cn1nc(C2CC2)cc1C1CCNC1. The second kappa shape index (κ2) is 3.09. The lowest BCUT2D eigenvalue weighted by atomic mass is 10.0. The molecule has 76 valence electrons. The van der Waals surface area contributed by atoms with Crippen molar-refractivity contribution in [1.82, 2.24) is 15.1 Å². The fourth-order valence-corrected chi connectivity index (χ4v) is 2.37. The highest BCUT2D eigenvalue weighted by atomic mass is 15.3. The first-order valence-electron chi connectivity index (χ1n) is 5.59. The Morgan fingerprint density at radius 3 is 2.86 bits per heavy atom. The monoisotopic (exact) mass is 191 g/mol. The van der Waals surface area contributed by atoms with E-state index in [2.05, 4.69) is 28.2 Å². The van der Waals surface area contributed by atoms with Crippen LogP contribution < -0.4 is 5.32 Å². The zero-order chi connectivity index (χ0) is 9.54. The van der Waals surface area contributed by atoms with Crippen molar-refractivity contribution in [3.8, 4) is 0 Å². The molecular formula is C11H17N3. The number of aryl methyl sites for hydroxylation is 1. The van der Waals surface area contributed by atoms with Gasteiger partial charge >= 0.3 is 0 Å². The molecule has 3 heteroatoms. The fourth-order valence-electron chi connectivity index (χ4n) is 2.37. The minimum atomic E-state index is 0.694. The van der Waals surface area contributed by atoms with E-state index in [1.165, 1.54) is 30.7 Å². The first-order chi connectivity index (χ1) is 6.84. The van der Waals surface area contributed by atoms with Crippen LogP contribution in [0, 0.1) is 0 Å². The van der Waals surface area contributed by atoms with E-state index in [0.717, 1.165) is 19.0 Å². The molecule has 14 heavy (non-hydrogen) atoms. The molecule has 1 aliphatic heterocycles. The molecule has 2 heterocycles. The van der Waals surface area contributed by atoms with Gasteiger partial charge in [0, 0.05) is 31.1 Å². The Bertz CT molecular complexity index is 332. The lowest BCUT2D eigenvalue weighted by Crippen LogP contribution is -2.10. The molecule has 0 bridgehead atoms. The predicted octanol–water partition coefficient (Wildman–Crippen LogP) is 1.37. The smallest absolute Gasteiger partial charge is 0.0658 e. The molecule has 1 saturated carbocycles. The number of nitrogens with zero attached hydrogens (tertiary/aromatic N) is 2. The molecule has 1 saturated heterocycles. The Kier molecular flexibility index (Phi) is 1.87. The van der Waals surface area contributed by atoms with E-state index in [0.29, 0.717) is 5.92 Å². The summed E-state index contributed by atoms with van der Waals surface area (Å²) >= 11 is 0. The Hall–Kier alpha value is -0.830. The summed E-state index contributed by atoms with van der Waals surface area (Å²) in [6.07, 6.45) is 3.96. The number of aromatic nitrogens is 2. The highest BCUT2D eigenvalue weighted by Gasteiger charge is 2.28. The molecule has 1 aromatic heterocycles. The van der Waals surface area contributed by atoms with Gasteiger partial charge in [-0.3, -0.25) is 4.68 Å². The van der Waals surface area contributed by atoms with Crippen molar-refractivity contribution in [3.63, 3.8) is 0 Å². The van der Waals surface area contributed by atoms with Gasteiger partial charge in [0.2, 0.25) is 0 Å². The third-order valence-electron chi connectivity index (χ3n) is 3.41. The Morgan fingerprint density at radius 2 is 2.21 bits per heavy atom. The molecule has 2 fully saturated rings. The highest BCUT2D eigenvalue weighted by Crippen LogP contribution is 2.40. The summed E-state index contributed by atoms with van der Waals surface area (Å²) in [5.74, 6) is 1.48. The van der Waals surface area contributed by atoms with E-state index in [9.17, 15) is 0 Å². The quantitative estimate of drug-likeness (QED) is 0.765. The van der Waals surface area contributed by atoms with Crippen LogP contribution >= 0.6 is 0 Å². The van der Waals surface area contributed by atoms with Gasteiger partial charge in [-0.15, -0.1) is 0 Å². The van der Waals surface area contributed by atoms with Crippen molar-refractivity contribution < 1.29 is 0 Å². The maximum atomic E-state index is 4.61. The second-order valence-electron chi connectivity index (χ2n) is 4.58. The molecule has 0 amide bonds. The van der Waals surface area contributed by atoms with Crippen molar-refractivity contribution >= 4 is 0 Å². The van der Waals surface area contributed by atoms with Crippen molar-refractivity contribution in [3.05, 3.63) is 17.5 Å². The molecular weight excluding hydrogens is 174 g/mol. The molecule has 0 radical (unpaired) electrons. The van der Waals surface area contributed by atoms with E-state index in [-0.39, 0.29) is 0 Å². The Balaban J connectivity index is 1.88. The van der Waals surface area contributed by atoms with Crippen molar-refractivity contribution in [1.29, 1.82) is 0 Å². The van der Waals surface area contributed by atoms with Gasteiger partial charge in [0.1, 0.15) is 0 Å². The Morgan fingerprint density at radius 1 is 1.36 bits per heavy atom. The second-order valence-corrected chi connectivity index (χ2v) is 4.58. The molecule has 0 aromatic carbocycles. The molecule has 1 unspecified atom stereocenters. The third kappa shape index (κ3) is 1.36. The maximum absolute atomic E-state index is 4.61. The minimum absolute atomic E-state index is 0.694. The zero-order valence-corrected chi connectivity index (χ0v) is 8.66. The topological polar surface area (TPSA) is 29.9 Å². The molecule has 3 rings (SSSR count). The summed E-state index contributed by atoms with van der Waals surface area (Å²) in [5.41, 5.74) is 2.76. The predicted molar refractivity (Wildman–Crippen MR) is 55.4 cm³/mol. The lowest BCUT2D eigenvalue weighted by Gasteiger charge is -2.07. The first kappa shape index (κ1) is 8.48. The zero-order valence-electron chi connectivity index (χ0n) is 8.66. The van der Waals surface area contributed by atoms with E-state index >= 15 is 0 Å².